The molecule has 0 unspecified atom stereocenters. The van der Waals surface area contributed by atoms with Gasteiger partial charge in [0, 0.05) is 11.3 Å². The summed E-state index contributed by atoms with van der Waals surface area (Å²) in [5, 5.41) is 0. The van der Waals surface area contributed by atoms with Gasteiger partial charge in [0.2, 0.25) is 0 Å². The van der Waals surface area contributed by atoms with Crippen LogP contribution in [0.25, 0.3) is 11.1 Å². The maximum Gasteiger partial charge on any atom is 0.131 e. The van der Waals surface area contributed by atoms with Gasteiger partial charge in [-0.2, -0.15) is 0 Å². The fourth-order valence-electron chi connectivity index (χ4n) is 1.90. The van der Waals surface area contributed by atoms with E-state index in [9.17, 15) is 4.39 Å². The zero-order chi connectivity index (χ0) is 14.0. The van der Waals surface area contributed by atoms with Crippen LogP contribution < -0.4 is 10.5 Å². The van der Waals surface area contributed by atoms with Gasteiger partial charge in [0.1, 0.15) is 11.6 Å². The van der Waals surface area contributed by atoms with E-state index in [0.717, 1.165) is 16.9 Å². The number of hydrogen-bond donors (Lipinski definition) is 1. The quantitative estimate of drug-likeness (QED) is 0.839. The third-order valence-corrected chi connectivity index (χ3v) is 2.89. The van der Waals surface area contributed by atoms with Crippen molar-refractivity contribution in [2.45, 2.75) is 26.9 Å². The molecule has 3 heteroatoms. The van der Waals surface area contributed by atoms with E-state index in [-0.39, 0.29) is 11.9 Å². The van der Waals surface area contributed by atoms with E-state index < -0.39 is 0 Å². The highest BCUT2D eigenvalue weighted by Crippen LogP contribution is 2.28. The van der Waals surface area contributed by atoms with E-state index in [1.807, 2.05) is 38.1 Å². The Balaban J connectivity index is 2.34. The van der Waals surface area contributed by atoms with Crippen LogP contribution in [0.15, 0.2) is 36.4 Å². The summed E-state index contributed by atoms with van der Waals surface area (Å²) >= 11 is 0. The molecule has 0 saturated carbocycles. The number of aryl methyl sites for hydroxylation is 1. The molecule has 0 aliphatic carbocycles. The minimum atomic E-state index is -0.260. The van der Waals surface area contributed by atoms with Crippen LogP contribution in [0.5, 0.6) is 5.75 Å². The van der Waals surface area contributed by atoms with Crippen LogP contribution in [-0.2, 0) is 0 Å². The van der Waals surface area contributed by atoms with Gasteiger partial charge in [-0.1, -0.05) is 12.1 Å². The summed E-state index contributed by atoms with van der Waals surface area (Å²) in [6.07, 6.45) is 0.123. The smallest absolute Gasteiger partial charge is 0.131 e. The molecule has 0 saturated heterocycles. The SMILES string of the molecule is Cc1cc(F)c(-c2ccc(OC(C)C)cc2)cc1N. The molecule has 100 valence electrons. The lowest BCUT2D eigenvalue weighted by Gasteiger charge is -2.11. The second-order valence-corrected chi connectivity index (χ2v) is 4.88. The van der Waals surface area contributed by atoms with Gasteiger partial charge in [0.05, 0.1) is 6.10 Å². The Bertz CT molecular complexity index is 576. The average molecular weight is 259 g/mol. The monoisotopic (exact) mass is 259 g/mol. The van der Waals surface area contributed by atoms with Crippen molar-refractivity contribution in [2.75, 3.05) is 5.73 Å². The van der Waals surface area contributed by atoms with E-state index in [1.54, 1.807) is 13.0 Å². The molecule has 0 bridgehead atoms. The van der Waals surface area contributed by atoms with Crippen LogP contribution in [-0.4, -0.2) is 6.10 Å². The van der Waals surface area contributed by atoms with Gasteiger partial charge in [0.15, 0.2) is 0 Å². The highest BCUT2D eigenvalue weighted by atomic mass is 19.1. The normalized spacial score (nSPS) is 10.8. The van der Waals surface area contributed by atoms with Crippen LogP contribution in [0.2, 0.25) is 0 Å². The maximum absolute atomic E-state index is 13.9. The van der Waals surface area contributed by atoms with Crippen molar-refractivity contribution >= 4 is 5.69 Å². The molecule has 2 N–H and O–H groups in total. The summed E-state index contributed by atoms with van der Waals surface area (Å²) in [5.41, 5.74) is 8.48. The van der Waals surface area contributed by atoms with Gasteiger partial charge < -0.3 is 10.5 Å². The molecule has 0 radical (unpaired) electrons. The molecule has 0 aliphatic heterocycles. The predicted molar refractivity (Wildman–Crippen MR) is 76.7 cm³/mol. The summed E-state index contributed by atoms with van der Waals surface area (Å²) in [6.45, 7) is 5.73. The number of rotatable bonds is 3. The summed E-state index contributed by atoms with van der Waals surface area (Å²) in [6, 6.07) is 10.5. The second-order valence-electron chi connectivity index (χ2n) is 4.88. The molecule has 2 rings (SSSR count). The molecule has 0 aromatic heterocycles. The number of hydrogen-bond acceptors (Lipinski definition) is 2. The molecule has 2 nitrogen and oxygen atoms in total. The summed E-state index contributed by atoms with van der Waals surface area (Å²) in [4.78, 5) is 0. The highest BCUT2D eigenvalue weighted by molar-refractivity contribution is 5.70. The van der Waals surface area contributed by atoms with Crippen LogP contribution >= 0.6 is 0 Å². The topological polar surface area (TPSA) is 35.2 Å². The first-order valence-corrected chi connectivity index (χ1v) is 6.30. The maximum atomic E-state index is 13.9. The minimum Gasteiger partial charge on any atom is -0.491 e. The summed E-state index contributed by atoms with van der Waals surface area (Å²) < 4.78 is 19.5. The van der Waals surface area contributed by atoms with E-state index >= 15 is 0 Å². The van der Waals surface area contributed by atoms with Crippen molar-refractivity contribution in [3.8, 4) is 16.9 Å². The summed E-state index contributed by atoms with van der Waals surface area (Å²) in [7, 11) is 0. The van der Waals surface area contributed by atoms with Gasteiger partial charge in [0.25, 0.3) is 0 Å². The molecule has 2 aromatic carbocycles. The first-order chi connectivity index (χ1) is 8.97. The molecule has 0 atom stereocenters. The molecule has 0 heterocycles. The molecule has 2 aromatic rings. The fraction of sp³-hybridized carbons (Fsp3) is 0.250. The summed E-state index contributed by atoms with van der Waals surface area (Å²) in [5.74, 6) is 0.517. The molecule has 19 heavy (non-hydrogen) atoms. The first kappa shape index (κ1) is 13.4. The van der Waals surface area contributed by atoms with Gasteiger partial charge in [-0.05, 0) is 56.2 Å². The Morgan fingerprint density at radius 1 is 1.11 bits per heavy atom. The lowest BCUT2D eigenvalue weighted by atomic mass is 10.0. The third kappa shape index (κ3) is 3.05. The molecule has 0 amide bonds. The van der Waals surface area contributed by atoms with Crippen molar-refractivity contribution in [3.05, 3.63) is 47.8 Å². The number of ether oxygens (including phenoxy) is 1. The average Bonchev–Trinajstić information content (AvgIpc) is 2.34. The van der Waals surface area contributed by atoms with E-state index in [4.69, 9.17) is 10.5 Å². The number of nitrogen functional groups attached to an aromatic ring is 1. The predicted octanol–water partition coefficient (Wildman–Crippen LogP) is 4.17. The Kier molecular flexibility index (Phi) is 3.74. The molecule has 0 aliphatic rings. The Morgan fingerprint density at radius 3 is 2.32 bits per heavy atom. The Labute approximate surface area is 113 Å². The number of benzene rings is 2. The standard InChI is InChI=1S/C16H18FNO/c1-10(2)19-13-6-4-12(5-7-13)14-9-16(18)11(3)8-15(14)17/h4-10H,18H2,1-3H3. The van der Waals surface area contributed by atoms with Gasteiger partial charge >= 0.3 is 0 Å². The number of nitrogens with two attached hydrogens (primary N) is 1. The highest BCUT2D eigenvalue weighted by Gasteiger charge is 2.08. The number of halogens is 1. The van der Waals surface area contributed by atoms with Crippen LogP contribution in [0.1, 0.15) is 19.4 Å². The third-order valence-electron chi connectivity index (χ3n) is 2.89. The largest absolute Gasteiger partial charge is 0.491 e. The number of anilines is 1. The van der Waals surface area contributed by atoms with Gasteiger partial charge in [-0.3, -0.25) is 0 Å². The molecular formula is C16H18FNO. The van der Waals surface area contributed by atoms with Crippen molar-refractivity contribution in [1.29, 1.82) is 0 Å². The van der Waals surface area contributed by atoms with E-state index in [0.29, 0.717) is 11.3 Å². The molecular weight excluding hydrogens is 241 g/mol. The van der Waals surface area contributed by atoms with Crippen molar-refractivity contribution in [2.24, 2.45) is 0 Å². The second kappa shape index (κ2) is 5.31. The zero-order valence-corrected chi connectivity index (χ0v) is 11.4. The Hall–Kier alpha value is -2.03. The Morgan fingerprint density at radius 2 is 1.74 bits per heavy atom. The van der Waals surface area contributed by atoms with Crippen molar-refractivity contribution in [1.82, 2.24) is 0 Å². The molecule has 0 spiro atoms. The molecule has 0 fully saturated rings. The van der Waals surface area contributed by atoms with Crippen LogP contribution in [0, 0.1) is 12.7 Å². The van der Waals surface area contributed by atoms with Crippen LogP contribution in [0.3, 0.4) is 0 Å². The first-order valence-electron chi connectivity index (χ1n) is 6.30. The van der Waals surface area contributed by atoms with Crippen LogP contribution in [0.4, 0.5) is 10.1 Å². The minimum absolute atomic E-state index is 0.123. The lowest BCUT2D eigenvalue weighted by Crippen LogP contribution is -2.05. The zero-order valence-electron chi connectivity index (χ0n) is 11.4. The fourth-order valence-corrected chi connectivity index (χ4v) is 1.90. The van der Waals surface area contributed by atoms with Crippen molar-refractivity contribution in [3.63, 3.8) is 0 Å². The van der Waals surface area contributed by atoms with Gasteiger partial charge in [-0.15, -0.1) is 0 Å². The van der Waals surface area contributed by atoms with E-state index in [2.05, 4.69) is 0 Å². The van der Waals surface area contributed by atoms with E-state index in [1.165, 1.54) is 6.07 Å². The van der Waals surface area contributed by atoms with Gasteiger partial charge in [-0.25, -0.2) is 4.39 Å². The lowest BCUT2D eigenvalue weighted by molar-refractivity contribution is 0.242. The van der Waals surface area contributed by atoms with Crippen molar-refractivity contribution < 1.29 is 9.13 Å².